The van der Waals surface area contributed by atoms with Crippen LogP contribution >= 0.6 is 27.5 Å². The average Bonchev–Trinajstić information content (AvgIpc) is 2.64. The number of likely N-dealkylation sites (tertiary alicyclic amines) is 2. The molecular weight excluding hydrogens is 414 g/mol. The predicted molar refractivity (Wildman–Crippen MR) is 111 cm³/mol. The Bertz CT molecular complexity index is 611. The molecule has 6 heteroatoms. The molecule has 0 spiro atoms. The van der Waals surface area contributed by atoms with Gasteiger partial charge < -0.3 is 15.5 Å². The third-order valence-corrected chi connectivity index (χ3v) is 7.01. The first-order valence-corrected chi connectivity index (χ1v) is 10.9. The third-order valence-electron chi connectivity index (χ3n) is 6.00. The van der Waals surface area contributed by atoms with Gasteiger partial charge in [0.05, 0.1) is 0 Å². The Balaban J connectivity index is 1.36. The topological polar surface area (TPSA) is 49.6 Å². The molecule has 0 bridgehead atoms. The van der Waals surface area contributed by atoms with E-state index in [1.54, 1.807) is 4.90 Å². The Morgan fingerprint density at radius 1 is 1.12 bits per heavy atom. The van der Waals surface area contributed by atoms with E-state index in [2.05, 4.69) is 33.0 Å². The number of halogens is 2. The second-order valence-electron chi connectivity index (χ2n) is 7.78. The molecule has 1 aromatic rings. The maximum atomic E-state index is 11.2. The molecule has 0 saturated carbocycles. The zero-order valence-electron chi connectivity index (χ0n) is 15.3. The lowest BCUT2D eigenvalue weighted by Crippen LogP contribution is -2.42. The minimum absolute atomic E-state index is 0.267. The highest BCUT2D eigenvalue weighted by Gasteiger charge is 2.24. The van der Waals surface area contributed by atoms with Crippen LogP contribution in [0.1, 0.15) is 37.7 Å². The molecule has 0 unspecified atom stereocenters. The van der Waals surface area contributed by atoms with E-state index in [-0.39, 0.29) is 6.03 Å². The number of piperidine rings is 2. The normalized spacial score (nSPS) is 20.5. The zero-order valence-corrected chi connectivity index (χ0v) is 17.6. The molecule has 0 radical (unpaired) electrons. The fourth-order valence-electron chi connectivity index (χ4n) is 4.23. The van der Waals surface area contributed by atoms with Crippen LogP contribution < -0.4 is 5.73 Å². The number of nitrogens with zero attached hydrogens (tertiary/aromatic N) is 2. The summed E-state index contributed by atoms with van der Waals surface area (Å²) in [4.78, 5) is 15.6. The first-order valence-electron chi connectivity index (χ1n) is 9.72. The summed E-state index contributed by atoms with van der Waals surface area (Å²) in [5.41, 5.74) is 6.69. The first-order chi connectivity index (χ1) is 12.5. The van der Waals surface area contributed by atoms with Crippen LogP contribution in [0, 0.1) is 11.8 Å². The predicted octanol–water partition coefficient (Wildman–Crippen LogP) is 4.54. The Kier molecular flexibility index (Phi) is 7.24. The van der Waals surface area contributed by atoms with Crippen molar-refractivity contribution in [3.05, 3.63) is 33.3 Å². The molecule has 0 aromatic heterocycles. The van der Waals surface area contributed by atoms with Gasteiger partial charge in [0.15, 0.2) is 0 Å². The second kappa shape index (κ2) is 9.43. The van der Waals surface area contributed by atoms with E-state index >= 15 is 0 Å². The Hall–Kier alpha value is -0.780. The largest absolute Gasteiger partial charge is 0.351 e. The average molecular weight is 443 g/mol. The lowest BCUT2D eigenvalue weighted by atomic mass is 9.89. The number of hydrogen-bond donors (Lipinski definition) is 1. The summed E-state index contributed by atoms with van der Waals surface area (Å²) in [6.45, 7) is 5.24. The van der Waals surface area contributed by atoms with Crippen LogP contribution in [0.3, 0.4) is 0 Å². The van der Waals surface area contributed by atoms with Crippen molar-refractivity contribution in [1.82, 2.24) is 9.80 Å². The molecule has 2 fully saturated rings. The molecule has 26 heavy (non-hydrogen) atoms. The van der Waals surface area contributed by atoms with Gasteiger partial charge in [-0.1, -0.05) is 27.5 Å². The number of carbonyl (C=O) groups is 1. The molecule has 0 aliphatic carbocycles. The van der Waals surface area contributed by atoms with Gasteiger partial charge in [0.1, 0.15) is 0 Å². The number of nitrogens with two attached hydrogens (primary N) is 1. The van der Waals surface area contributed by atoms with Gasteiger partial charge >= 0.3 is 6.03 Å². The van der Waals surface area contributed by atoms with Gasteiger partial charge in [-0.25, -0.2) is 4.79 Å². The number of rotatable bonds is 5. The molecule has 2 amide bonds. The van der Waals surface area contributed by atoms with Crippen molar-refractivity contribution in [2.75, 3.05) is 32.7 Å². The van der Waals surface area contributed by atoms with Crippen LogP contribution in [0.15, 0.2) is 22.7 Å². The number of urea groups is 1. The SMILES string of the molecule is NC(=O)N1CCC(CCN2CCC(Cc3cc(Cl)ccc3Br)CC2)CC1. The molecule has 1 aromatic carbocycles. The number of amides is 2. The van der Waals surface area contributed by atoms with E-state index in [0.717, 1.165) is 49.2 Å². The standard InChI is InChI=1S/C20H29BrClN3O/c21-19-2-1-18(22)14-17(19)13-16-4-9-24(10-5-16)8-3-15-6-11-25(12-7-15)20(23)26/h1-2,14-16H,3-13H2,(H2,23,26). The highest BCUT2D eigenvalue weighted by atomic mass is 79.9. The maximum Gasteiger partial charge on any atom is 0.314 e. The molecule has 4 nitrogen and oxygen atoms in total. The number of primary amides is 1. The zero-order chi connectivity index (χ0) is 18.5. The summed E-state index contributed by atoms with van der Waals surface area (Å²) < 4.78 is 1.17. The highest BCUT2D eigenvalue weighted by molar-refractivity contribution is 9.10. The molecule has 2 aliphatic heterocycles. The summed E-state index contributed by atoms with van der Waals surface area (Å²) in [6, 6.07) is 5.82. The Labute approximate surface area is 170 Å². The number of carbonyl (C=O) groups excluding carboxylic acids is 1. The molecule has 3 rings (SSSR count). The first kappa shape index (κ1) is 20.0. The molecule has 2 heterocycles. The summed E-state index contributed by atoms with van der Waals surface area (Å²) in [6.07, 6.45) is 7.08. The lowest BCUT2D eigenvalue weighted by Gasteiger charge is -2.35. The third kappa shape index (κ3) is 5.61. The lowest BCUT2D eigenvalue weighted by molar-refractivity contribution is 0.149. The second-order valence-corrected chi connectivity index (χ2v) is 9.07. The number of hydrogen-bond acceptors (Lipinski definition) is 2. The van der Waals surface area contributed by atoms with E-state index < -0.39 is 0 Å². The molecular formula is C20H29BrClN3O. The van der Waals surface area contributed by atoms with Crippen molar-refractivity contribution in [2.24, 2.45) is 17.6 Å². The van der Waals surface area contributed by atoms with Crippen molar-refractivity contribution in [2.45, 2.75) is 38.5 Å². The summed E-state index contributed by atoms with van der Waals surface area (Å²) >= 11 is 9.79. The van der Waals surface area contributed by atoms with Crippen molar-refractivity contribution in [3.63, 3.8) is 0 Å². The van der Waals surface area contributed by atoms with Gasteiger partial charge in [0.2, 0.25) is 0 Å². The molecule has 2 saturated heterocycles. The molecule has 2 N–H and O–H groups in total. The summed E-state index contributed by atoms with van der Waals surface area (Å²) in [7, 11) is 0. The van der Waals surface area contributed by atoms with E-state index in [4.69, 9.17) is 17.3 Å². The summed E-state index contributed by atoms with van der Waals surface area (Å²) in [5.74, 6) is 1.49. The van der Waals surface area contributed by atoms with Crippen molar-refractivity contribution in [3.8, 4) is 0 Å². The van der Waals surface area contributed by atoms with Crippen LogP contribution in [0.25, 0.3) is 0 Å². The van der Waals surface area contributed by atoms with Gasteiger partial charge in [-0.3, -0.25) is 0 Å². The molecule has 2 aliphatic rings. The van der Waals surface area contributed by atoms with Crippen LogP contribution in [0.4, 0.5) is 4.79 Å². The fourth-order valence-corrected chi connectivity index (χ4v) is 4.84. The van der Waals surface area contributed by atoms with Crippen molar-refractivity contribution < 1.29 is 4.79 Å². The Morgan fingerprint density at radius 3 is 2.42 bits per heavy atom. The monoisotopic (exact) mass is 441 g/mol. The van der Waals surface area contributed by atoms with E-state index in [9.17, 15) is 4.79 Å². The maximum absolute atomic E-state index is 11.2. The van der Waals surface area contributed by atoms with E-state index in [1.165, 1.54) is 48.9 Å². The van der Waals surface area contributed by atoms with E-state index in [1.807, 2.05) is 6.07 Å². The fraction of sp³-hybridized carbons (Fsp3) is 0.650. The van der Waals surface area contributed by atoms with Crippen molar-refractivity contribution in [1.29, 1.82) is 0 Å². The number of benzene rings is 1. The van der Waals surface area contributed by atoms with Gasteiger partial charge in [-0.05, 0) is 93.8 Å². The van der Waals surface area contributed by atoms with Gasteiger partial charge in [-0.2, -0.15) is 0 Å². The van der Waals surface area contributed by atoms with Crippen LogP contribution in [-0.2, 0) is 6.42 Å². The van der Waals surface area contributed by atoms with Crippen LogP contribution in [0.5, 0.6) is 0 Å². The van der Waals surface area contributed by atoms with E-state index in [0.29, 0.717) is 0 Å². The minimum Gasteiger partial charge on any atom is -0.351 e. The van der Waals surface area contributed by atoms with Crippen molar-refractivity contribution >= 4 is 33.6 Å². The Morgan fingerprint density at radius 2 is 1.77 bits per heavy atom. The smallest absolute Gasteiger partial charge is 0.314 e. The van der Waals surface area contributed by atoms with Crippen LogP contribution in [0.2, 0.25) is 5.02 Å². The van der Waals surface area contributed by atoms with Crippen LogP contribution in [-0.4, -0.2) is 48.6 Å². The van der Waals surface area contributed by atoms with Gasteiger partial charge in [-0.15, -0.1) is 0 Å². The quantitative estimate of drug-likeness (QED) is 0.728. The van der Waals surface area contributed by atoms with Gasteiger partial charge in [0, 0.05) is 22.6 Å². The van der Waals surface area contributed by atoms with Gasteiger partial charge in [0.25, 0.3) is 0 Å². The minimum atomic E-state index is -0.267. The molecule has 0 atom stereocenters. The summed E-state index contributed by atoms with van der Waals surface area (Å²) in [5, 5.41) is 0.822. The molecule has 144 valence electrons. The highest BCUT2D eigenvalue weighted by Crippen LogP contribution is 2.28.